The summed E-state index contributed by atoms with van der Waals surface area (Å²) in [6.07, 6.45) is 0.744. The van der Waals surface area contributed by atoms with Gasteiger partial charge in [0.05, 0.1) is 0 Å². The van der Waals surface area contributed by atoms with Crippen LogP contribution < -0.4 is 5.32 Å². The number of nitrogens with one attached hydrogen (secondary N) is 2. The number of aryl methyl sites for hydroxylation is 1. The van der Waals surface area contributed by atoms with Crippen molar-refractivity contribution in [2.75, 3.05) is 5.32 Å². The first kappa shape index (κ1) is 15.9. The number of rotatable bonds is 4. The Balaban J connectivity index is 1.86. The lowest BCUT2D eigenvalue weighted by Gasteiger charge is -2.11. The number of carbonyl (C=O) groups excluding carboxylic acids is 1. The van der Waals surface area contributed by atoms with Gasteiger partial charge >= 0.3 is 0 Å². The van der Waals surface area contributed by atoms with E-state index in [9.17, 15) is 13.6 Å². The fraction of sp³-hybridized carbons (Fsp3) is 0.111. The number of aromatic nitrogens is 2. The van der Waals surface area contributed by atoms with E-state index in [0.717, 1.165) is 11.1 Å². The van der Waals surface area contributed by atoms with Gasteiger partial charge in [0.1, 0.15) is 5.82 Å². The van der Waals surface area contributed by atoms with Gasteiger partial charge in [-0.15, -0.1) is 0 Å². The smallest absolute Gasteiger partial charge is 0.263 e. The van der Waals surface area contributed by atoms with Crippen molar-refractivity contribution in [3.63, 3.8) is 0 Å². The molecule has 1 aromatic heterocycles. The Bertz CT molecular complexity index is 860. The van der Waals surface area contributed by atoms with Crippen LogP contribution in [0.1, 0.15) is 27.9 Å². The van der Waals surface area contributed by atoms with E-state index in [1.807, 2.05) is 19.1 Å². The standard InChI is InChI=1S/C18H15F2N3O/c1-11-5-6-13(17-21-7-8-22-17)10-15(11)23-18(24)14-4-2-3-12(9-14)16(19)20/h2-10,16H,1H3,(H,21,22)(H,23,24). The van der Waals surface area contributed by atoms with Crippen LogP contribution in [-0.4, -0.2) is 15.9 Å². The van der Waals surface area contributed by atoms with E-state index in [2.05, 4.69) is 15.3 Å². The Hall–Kier alpha value is -3.02. The van der Waals surface area contributed by atoms with E-state index in [1.54, 1.807) is 18.5 Å². The predicted molar refractivity (Wildman–Crippen MR) is 88.1 cm³/mol. The normalized spacial score (nSPS) is 10.8. The number of anilines is 1. The SMILES string of the molecule is Cc1ccc(-c2ncc[nH]2)cc1NC(=O)c1cccc(C(F)F)c1. The van der Waals surface area contributed by atoms with Gasteiger partial charge in [-0.25, -0.2) is 13.8 Å². The van der Waals surface area contributed by atoms with Crippen LogP contribution in [0.25, 0.3) is 11.4 Å². The molecule has 3 aromatic rings. The highest BCUT2D eigenvalue weighted by atomic mass is 19.3. The molecule has 24 heavy (non-hydrogen) atoms. The lowest BCUT2D eigenvalue weighted by molar-refractivity contribution is 0.102. The number of nitrogens with zero attached hydrogens (tertiary/aromatic N) is 1. The molecule has 6 heteroatoms. The number of hydrogen-bond acceptors (Lipinski definition) is 2. The highest BCUT2D eigenvalue weighted by molar-refractivity contribution is 6.05. The topological polar surface area (TPSA) is 57.8 Å². The number of H-pyrrole nitrogens is 1. The molecular weight excluding hydrogens is 312 g/mol. The van der Waals surface area contributed by atoms with Crippen molar-refractivity contribution in [1.82, 2.24) is 9.97 Å². The average Bonchev–Trinajstić information content (AvgIpc) is 3.11. The number of benzene rings is 2. The first-order chi connectivity index (χ1) is 11.5. The van der Waals surface area contributed by atoms with Crippen LogP contribution in [0.4, 0.5) is 14.5 Å². The van der Waals surface area contributed by atoms with E-state index >= 15 is 0 Å². The molecule has 0 spiro atoms. The molecule has 0 bridgehead atoms. The molecule has 1 amide bonds. The van der Waals surface area contributed by atoms with E-state index < -0.39 is 12.3 Å². The molecule has 0 atom stereocenters. The predicted octanol–water partition coefficient (Wildman–Crippen LogP) is 4.58. The molecule has 3 rings (SSSR count). The molecule has 4 nitrogen and oxygen atoms in total. The second kappa shape index (κ2) is 6.62. The summed E-state index contributed by atoms with van der Waals surface area (Å²) in [5.41, 5.74) is 2.31. The number of aromatic amines is 1. The van der Waals surface area contributed by atoms with Gasteiger partial charge in [0.15, 0.2) is 0 Å². The third kappa shape index (κ3) is 3.32. The summed E-state index contributed by atoms with van der Waals surface area (Å²) >= 11 is 0. The molecule has 2 aromatic carbocycles. The third-order valence-corrected chi connectivity index (χ3v) is 3.66. The Morgan fingerprint density at radius 2 is 2.04 bits per heavy atom. The number of alkyl halides is 2. The van der Waals surface area contributed by atoms with E-state index in [1.165, 1.54) is 24.3 Å². The van der Waals surface area contributed by atoms with Crippen molar-refractivity contribution >= 4 is 11.6 Å². The second-order valence-corrected chi connectivity index (χ2v) is 5.35. The molecule has 0 radical (unpaired) electrons. The monoisotopic (exact) mass is 327 g/mol. The second-order valence-electron chi connectivity index (χ2n) is 5.35. The zero-order valence-electron chi connectivity index (χ0n) is 12.9. The molecule has 0 aliphatic carbocycles. The van der Waals surface area contributed by atoms with Crippen molar-refractivity contribution in [2.45, 2.75) is 13.3 Å². The van der Waals surface area contributed by atoms with Gasteiger partial charge < -0.3 is 10.3 Å². The largest absolute Gasteiger partial charge is 0.345 e. The number of carbonyl (C=O) groups is 1. The molecule has 1 heterocycles. The van der Waals surface area contributed by atoms with E-state index in [4.69, 9.17) is 0 Å². The van der Waals surface area contributed by atoms with E-state index in [0.29, 0.717) is 11.5 Å². The van der Waals surface area contributed by atoms with Crippen molar-refractivity contribution in [1.29, 1.82) is 0 Å². The minimum atomic E-state index is -2.61. The molecule has 0 fully saturated rings. The number of amides is 1. The van der Waals surface area contributed by atoms with Gasteiger partial charge in [-0.1, -0.05) is 24.3 Å². The van der Waals surface area contributed by atoms with Crippen LogP contribution >= 0.6 is 0 Å². The summed E-state index contributed by atoms with van der Waals surface area (Å²) in [6.45, 7) is 1.86. The first-order valence-corrected chi connectivity index (χ1v) is 7.34. The van der Waals surface area contributed by atoms with Gasteiger partial charge in [0.25, 0.3) is 12.3 Å². The van der Waals surface area contributed by atoms with Crippen LogP contribution in [0.3, 0.4) is 0 Å². The third-order valence-electron chi connectivity index (χ3n) is 3.66. The Morgan fingerprint density at radius 3 is 2.75 bits per heavy atom. The maximum Gasteiger partial charge on any atom is 0.263 e. The van der Waals surface area contributed by atoms with Crippen LogP contribution in [-0.2, 0) is 0 Å². The lowest BCUT2D eigenvalue weighted by Crippen LogP contribution is -2.13. The highest BCUT2D eigenvalue weighted by Crippen LogP contribution is 2.24. The summed E-state index contributed by atoms with van der Waals surface area (Å²) in [4.78, 5) is 19.5. The summed E-state index contributed by atoms with van der Waals surface area (Å²) in [5, 5.41) is 2.77. The van der Waals surface area contributed by atoms with Gasteiger partial charge in [0, 0.05) is 34.8 Å². The van der Waals surface area contributed by atoms with Crippen molar-refractivity contribution in [3.8, 4) is 11.4 Å². The van der Waals surface area contributed by atoms with Crippen molar-refractivity contribution < 1.29 is 13.6 Å². The minimum absolute atomic E-state index is 0.177. The van der Waals surface area contributed by atoms with Crippen molar-refractivity contribution in [3.05, 3.63) is 71.5 Å². The van der Waals surface area contributed by atoms with Gasteiger partial charge in [-0.3, -0.25) is 4.79 Å². The molecular formula is C18H15F2N3O. The Kier molecular flexibility index (Phi) is 4.37. The lowest BCUT2D eigenvalue weighted by atomic mass is 10.1. The molecule has 0 aliphatic heterocycles. The molecule has 0 unspecified atom stereocenters. The maximum atomic E-state index is 12.8. The maximum absolute atomic E-state index is 12.8. The average molecular weight is 327 g/mol. The summed E-state index contributed by atoms with van der Waals surface area (Å²) in [6, 6.07) is 11.0. The fourth-order valence-electron chi connectivity index (χ4n) is 2.34. The zero-order valence-corrected chi connectivity index (χ0v) is 12.9. The quantitative estimate of drug-likeness (QED) is 0.737. The van der Waals surface area contributed by atoms with Gasteiger partial charge in [0.2, 0.25) is 0 Å². The highest BCUT2D eigenvalue weighted by Gasteiger charge is 2.13. The van der Waals surface area contributed by atoms with Crippen LogP contribution in [0.15, 0.2) is 54.9 Å². The zero-order chi connectivity index (χ0) is 17.1. The summed E-state index contributed by atoms with van der Waals surface area (Å²) in [7, 11) is 0. The number of halogens is 2. The minimum Gasteiger partial charge on any atom is -0.345 e. The Morgan fingerprint density at radius 1 is 1.21 bits per heavy atom. The van der Waals surface area contributed by atoms with E-state index in [-0.39, 0.29) is 11.1 Å². The Labute approximate surface area is 137 Å². The molecule has 0 saturated heterocycles. The summed E-state index contributed by atoms with van der Waals surface area (Å²) in [5.74, 6) is 0.252. The molecule has 0 saturated carbocycles. The number of imidazole rings is 1. The van der Waals surface area contributed by atoms with Gasteiger partial charge in [-0.05, 0) is 30.7 Å². The van der Waals surface area contributed by atoms with Crippen molar-refractivity contribution in [2.24, 2.45) is 0 Å². The molecule has 122 valence electrons. The number of hydrogen-bond donors (Lipinski definition) is 2. The summed E-state index contributed by atoms with van der Waals surface area (Å²) < 4.78 is 25.5. The van der Waals surface area contributed by atoms with Crippen LogP contribution in [0, 0.1) is 6.92 Å². The van der Waals surface area contributed by atoms with Gasteiger partial charge in [-0.2, -0.15) is 0 Å². The molecule has 0 aliphatic rings. The van der Waals surface area contributed by atoms with Crippen LogP contribution in [0.2, 0.25) is 0 Å². The van der Waals surface area contributed by atoms with Crippen LogP contribution in [0.5, 0.6) is 0 Å². The first-order valence-electron chi connectivity index (χ1n) is 7.34. The fourth-order valence-corrected chi connectivity index (χ4v) is 2.34. The molecule has 2 N–H and O–H groups in total.